The van der Waals surface area contributed by atoms with E-state index in [9.17, 15) is 0 Å². The average Bonchev–Trinajstić information content (AvgIpc) is 2.31. The van der Waals surface area contributed by atoms with E-state index in [0.29, 0.717) is 6.04 Å². The Bertz CT molecular complexity index is 115. The van der Waals surface area contributed by atoms with E-state index < -0.39 is 0 Å². The second kappa shape index (κ2) is 12.0. The van der Waals surface area contributed by atoms with Crippen LogP contribution in [-0.2, 0) is 0 Å². The number of nitrogens with zero attached hydrogens (tertiary/aromatic N) is 1. The maximum atomic E-state index is 3.34. The highest BCUT2D eigenvalue weighted by molar-refractivity contribution is 4.70. The van der Waals surface area contributed by atoms with Gasteiger partial charge >= 0.3 is 0 Å². The van der Waals surface area contributed by atoms with Crippen molar-refractivity contribution in [2.75, 3.05) is 27.2 Å². The molecular weight excluding hydrogens is 184 g/mol. The van der Waals surface area contributed by atoms with E-state index in [-0.39, 0.29) is 0 Å². The number of hydrogen-bond donors (Lipinski definition) is 1. The van der Waals surface area contributed by atoms with Crippen molar-refractivity contribution in [2.45, 2.75) is 53.5 Å². The molecule has 0 spiro atoms. The summed E-state index contributed by atoms with van der Waals surface area (Å²) in [5, 5.41) is 3.34. The standard InChI is InChI=1S/C11H26N2.C2H6/c1-6-11(10(3)12-4)8-9-13(5)7-2;1-2/h10-12H,6-9H2,1-5H3;1-2H3. The quantitative estimate of drug-likeness (QED) is 0.704. The molecule has 2 heteroatoms. The van der Waals surface area contributed by atoms with Gasteiger partial charge in [0, 0.05) is 6.04 Å². The molecule has 0 saturated heterocycles. The predicted molar refractivity (Wildman–Crippen MR) is 71.4 cm³/mol. The molecule has 0 saturated carbocycles. The summed E-state index contributed by atoms with van der Waals surface area (Å²) >= 11 is 0. The molecule has 0 amide bonds. The fourth-order valence-corrected chi connectivity index (χ4v) is 1.59. The monoisotopic (exact) mass is 216 g/mol. The Balaban J connectivity index is 0. The van der Waals surface area contributed by atoms with Crippen molar-refractivity contribution in [1.82, 2.24) is 10.2 Å². The lowest BCUT2D eigenvalue weighted by Gasteiger charge is -2.24. The van der Waals surface area contributed by atoms with Crippen LogP contribution in [0.2, 0.25) is 0 Å². The molecule has 15 heavy (non-hydrogen) atoms. The van der Waals surface area contributed by atoms with E-state index in [2.05, 4.69) is 45.1 Å². The predicted octanol–water partition coefficient (Wildman–Crippen LogP) is 2.99. The molecule has 0 bridgehead atoms. The van der Waals surface area contributed by atoms with Gasteiger partial charge in [-0.2, -0.15) is 0 Å². The van der Waals surface area contributed by atoms with Gasteiger partial charge in [-0.3, -0.25) is 0 Å². The molecule has 0 rings (SSSR count). The van der Waals surface area contributed by atoms with Gasteiger partial charge in [0.2, 0.25) is 0 Å². The van der Waals surface area contributed by atoms with Crippen LogP contribution in [0.4, 0.5) is 0 Å². The fourth-order valence-electron chi connectivity index (χ4n) is 1.59. The Morgan fingerprint density at radius 1 is 1.20 bits per heavy atom. The van der Waals surface area contributed by atoms with Crippen molar-refractivity contribution < 1.29 is 0 Å². The summed E-state index contributed by atoms with van der Waals surface area (Å²) < 4.78 is 0. The summed E-state index contributed by atoms with van der Waals surface area (Å²) in [6, 6.07) is 0.648. The zero-order valence-corrected chi connectivity index (χ0v) is 11.9. The summed E-state index contributed by atoms with van der Waals surface area (Å²) in [7, 11) is 4.24. The Labute approximate surface area is 97.4 Å². The van der Waals surface area contributed by atoms with Crippen LogP contribution in [-0.4, -0.2) is 38.1 Å². The van der Waals surface area contributed by atoms with E-state index in [4.69, 9.17) is 0 Å². The van der Waals surface area contributed by atoms with Crippen molar-refractivity contribution in [3.63, 3.8) is 0 Å². The van der Waals surface area contributed by atoms with Crippen molar-refractivity contribution in [3.05, 3.63) is 0 Å². The fraction of sp³-hybridized carbons (Fsp3) is 1.00. The molecule has 94 valence electrons. The van der Waals surface area contributed by atoms with Crippen LogP contribution < -0.4 is 5.32 Å². The van der Waals surface area contributed by atoms with Crippen LogP contribution in [0.1, 0.15) is 47.5 Å². The largest absolute Gasteiger partial charge is 0.317 e. The van der Waals surface area contributed by atoms with Gasteiger partial charge < -0.3 is 10.2 Å². The summed E-state index contributed by atoms with van der Waals surface area (Å²) in [4.78, 5) is 2.38. The normalized spacial score (nSPS) is 14.4. The maximum absolute atomic E-state index is 3.34. The Morgan fingerprint density at radius 2 is 1.73 bits per heavy atom. The zero-order chi connectivity index (χ0) is 12.3. The first-order chi connectivity index (χ1) is 7.15. The number of rotatable bonds is 7. The molecule has 0 heterocycles. The third kappa shape index (κ3) is 8.88. The Kier molecular flexibility index (Phi) is 13.8. The van der Waals surface area contributed by atoms with Gasteiger partial charge in [0.15, 0.2) is 0 Å². The van der Waals surface area contributed by atoms with E-state index in [0.717, 1.165) is 12.5 Å². The third-order valence-electron chi connectivity index (χ3n) is 3.11. The van der Waals surface area contributed by atoms with Gasteiger partial charge in [-0.1, -0.05) is 34.1 Å². The van der Waals surface area contributed by atoms with Crippen molar-refractivity contribution in [1.29, 1.82) is 0 Å². The summed E-state index contributed by atoms with van der Waals surface area (Å²) in [6.07, 6.45) is 2.59. The minimum Gasteiger partial charge on any atom is -0.317 e. The zero-order valence-electron chi connectivity index (χ0n) is 11.9. The summed E-state index contributed by atoms with van der Waals surface area (Å²) in [5.74, 6) is 0.819. The molecule has 2 nitrogen and oxygen atoms in total. The lowest BCUT2D eigenvalue weighted by atomic mass is 9.94. The molecule has 1 N–H and O–H groups in total. The van der Waals surface area contributed by atoms with Crippen molar-refractivity contribution >= 4 is 0 Å². The maximum Gasteiger partial charge on any atom is 0.00643 e. The molecule has 0 aromatic carbocycles. The Morgan fingerprint density at radius 3 is 2.07 bits per heavy atom. The minimum absolute atomic E-state index is 0.648. The average molecular weight is 216 g/mol. The first-order valence-corrected chi connectivity index (χ1v) is 6.51. The van der Waals surface area contributed by atoms with E-state index in [1.54, 1.807) is 0 Å². The molecule has 0 aliphatic heterocycles. The van der Waals surface area contributed by atoms with Gasteiger partial charge in [-0.25, -0.2) is 0 Å². The first kappa shape index (κ1) is 17.3. The smallest absolute Gasteiger partial charge is 0.00643 e. The van der Waals surface area contributed by atoms with Crippen LogP contribution in [0.5, 0.6) is 0 Å². The van der Waals surface area contributed by atoms with Crippen LogP contribution in [0.15, 0.2) is 0 Å². The van der Waals surface area contributed by atoms with Gasteiger partial charge in [0.05, 0.1) is 0 Å². The number of nitrogens with one attached hydrogen (secondary N) is 1. The summed E-state index contributed by atoms with van der Waals surface area (Å²) in [6.45, 7) is 13.2. The molecule has 0 aliphatic rings. The SMILES string of the molecule is CC.CCC(CCN(C)CC)C(C)NC. The van der Waals surface area contributed by atoms with Gasteiger partial charge in [-0.05, 0) is 46.4 Å². The second-order valence-corrected chi connectivity index (χ2v) is 3.93. The van der Waals surface area contributed by atoms with E-state index >= 15 is 0 Å². The van der Waals surface area contributed by atoms with Crippen LogP contribution in [0.3, 0.4) is 0 Å². The lowest BCUT2D eigenvalue weighted by Crippen LogP contribution is -2.32. The minimum atomic E-state index is 0.648. The molecule has 0 radical (unpaired) electrons. The highest BCUT2D eigenvalue weighted by Gasteiger charge is 2.13. The van der Waals surface area contributed by atoms with E-state index in [1.165, 1.54) is 19.4 Å². The molecular formula is C13H32N2. The second-order valence-electron chi connectivity index (χ2n) is 3.93. The highest BCUT2D eigenvalue weighted by Crippen LogP contribution is 2.13. The van der Waals surface area contributed by atoms with Crippen LogP contribution in [0.25, 0.3) is 0 Å². The lowest BCUT2D eigenvalue weighted by molar-refractivity contribution is 0.279. The van der Waals surface area contributed by atoms with Gasteiger partial charge in [0.1, 0.15) is 0 Å². The topological polar surface area (TPSA) is 15.3 Å². The first-order valence-electron chi connectivity index (χ1n) is 6.51. The molecule has 0 aliphatic carbocycles. The third-order valence-corrected chi connectivity index (χ3v) is 3.11. The molecule has 0 aromatic heterocycles. The number of hydrogen-bond acceptors (Lipinski definition) is 2. The molecule has 0 aromatic rings. The Hall–Kier alpha value is -0.0800. The van der Waals surface area contributed by atoms with E-state index in [1.807, 2.05) is 13.8 Å². The van der Waals surface area contributed by atoms with Crippen molar-refractivity contribution in [2.24, 2.45) is 5.92 Å². The molecule has 2 unspecified atom stereocenters. The van der Waals surface area contributed by atoms with Crippen molar-refractivity contribution in [3.8, 4) is 0 Å². The van der Waals surface area contributed by atoms with Crippen LogP contribution >= 0.6 is 0 Å². The summed E-state index contributed by atoms with van der Waals surface area (Å²) in [5.41, 5.74) is 0. The van der Waals surface area contributed by atoms with Gasteiger partial charge in [-0.15, -0.1) is 0 Å². The molecule has 0 fully saturated rings. The highest BCUT2D eigenvalue weighted by atomic mass is 15.1. The van der Waals surface area contributed by atoms with Crippen LogP contribution in [0, 0.1) is 5.92 Å². The van der Waals surface area contributed by atoms with Gasteiger partial charge in [0.25, 0.3) is 0 Å². The molecule has 2 atom stereocenters.